The van der Waals surface area contributed by atoms with E-state index >= 15 is 0 Å². The van der Waals surface area contributed by atoms with Gasteiger partial charge in [-0.1, -0.05) is 29.8 Å². The summed E-state index contributed by atoms with van der Waals surface area (Å²) in [5.74, 6) is -1.59. The topological polar surface area (TPSA) is 133 Å². The minimum Gasteiger partial charge on any atom is -0.369 e. The van der Waals surface area contributed by atoms with E-state index in [4.69, 9.17) is 22.6 Å². The van der Waals surface area contributed by atoms with Crippen LogP contribution in [0.2, 0.25) is 5.02 Å². The number of nitriles is 1. The molecule has 1 aromatic heterocycles. The number of carbonyl (C=O) groups is 1. The average molecular weight is 375 g/mol. The summed E-state index contributed by atoms with van der Waals surface area (Å²) in [6.45, 7) is 0. The summed E-state index contributed by atoms with van der Waals surface area (Å²) in [7, 11) is 0. The summed E-state index contributed by atoms with van der Waals surface area (Å²) in [5.41, 5.74) is 6.94. The third-order valence-corrected chi connectivity index (χ3v) is 4.73. The number of hydrogen-bond donors (Lipinski definition) is 3. The fraction of sp³-hybridized carbons (Fsp3) is 0.0625. The van der Waals surface area contributed by atoms with Crippen molar-refractivity contribution in [2.24, 2.45) is 5.73 Å². The number of aromatic nitrogens is 2. The van der Waals surface area contributed by atoms with E-state index in [1.807, 2.05) is 6.07 Å². The molecular weight excluding hydrogens is 364 g/mol. The van der Waals surface area contributed by atoms with Crippen molar-refractivity contribution in [3.05, 3.63) is 58.4 Å². The molecule has 0 aliphatic rings. The molecule has 0 saturated heterocycles. The van der Waals surface area contributed by atoms with Crippen molar-refractivity contribution < 1.29 is 13.6 Å². The Labute approximate surface area is 149 Å². The Morgan fingerprint density at radius 3 is 2.72 bits per heavy atom. The van der Waals surface area contributed by atoms with Gasteiger partial charge in [0.05, 0.1) is 16.3 Å². The molecule has 0 radical (unpaired) electrons. The number of amides is 1. The fourth-order valence-corrected chi connectivity index (χ4v) is 3.47. The van der Waals surface area contributed by atoms with Crippen LogP contribution in [0.25, 0.3) is 11.0 Å². The van der Waals surface area contributed by atoms with Gasteiger partial charge in [-0.2, -0.15) is 5.26 Å². The molecule has 1 amide bonds. The Hall–Kier alpha value is -2.73. The highest BCUT2D eigenvalue weighted by molar-refractivity contribution is 7.79. The summed E-state index contributed by atoms with van der Waals surface area (Å²) in [4.78, 5) is 18.8. The zero-order valence-corrected chi connectivity index (χ0v) is 14.1. The molecule has 25 heavy (non-hydrogen) atoms. The van der Waals surface area contributed by atoms with Crippen molar-refractivity contribution >= 4 is 39.6 Å². The van der Waals surface area contributed by atoms with Crippen LogP contribution in [-0.4, -0.2) is 24.6 Å². The molecule has 2 aromatic carbocycles. The van der Waals surface area contributed by atoms with Crippen LogP contribution in [0, 0.1) is 11.3 Å². The molecule has 0 aliphatic heterocycles. The maximum absolute atomic E-state index is 12.1. The monoisotopic (exact) mass is 374 g/mol. The fourth-order valence-electron chi connectivity index (χ4n) is 2.67. The first-order chi connectivity index (χ1) is 11.9. The van der Waals surface area contributed by atoms with Crippen LogP contribution >= 0.6 is 11.6 Å². The zero-order chi connectivity index (χ0) is 18.1. The zero-order valence-electron chi connectivity index (χ0n) is 12.6. The Kier molecular flexibility index (Phi) is 4.55. The highest BCUT2D eigenvalue weighted by Crippen LogP contribution is 2.33. The minimum absolute atomic E-state index is 0.00721. The van der Waals surface area contributed by atoms with E-state index < -0.39 is 22.9 Å². The number of H-pyrrole nitrogens is 1. The second-order valence-electron chi connectivity index (χ2n) is 5.22. The van der Waals surface area contributed by atoms with Crippen LogP contribution in [0.5, 0.6) is 0 Å². The number of imidazole rings is 1. The van der Waals surface area contributed by atoms with Gasteiger partial charge in [-0.25, -0.2) is 9.19 Å². The molecule has 2 unspecified atom stereocenters. The predicted molar refractivity (Wildman–Crippen MR) is 92.3 cm³/mol. The lowest BCUT2D eigenvalue weighted by atomic mass is 9.90. The molecule has 3 aromatic rings. The first-order valence-corrected chi connectivity index (χ1v) is 8.49. The molecule has 0 spiro atoms. The number of aromatic amines is 1. The smallest absolute Gasteiger partial charge is 0.229 e. The van der Waals surface area contributed by atoms with Gasteiger partial charge in [0.1, 0.15) is 11.6 Å². The lowest BCUT2D eigenvalue weighted by Crippen LogP contribution is -2.23. The molecule has 0 saturated carbocycles. The number of hydrogen-bond acceptors (Lipinski definition) is 4. The number of benzene rings is 2. The molecule has 0 aliphatic carbocycles. The van der Waals surface area contributed by atoms with E-state index in [2.05, 4.69) is 9.97 Å². The van der Waals surface area contributed by atoms with Crippen LogP contribution in [-0.2, 0) is 15.9 Å². The summed E-state index contributed by atoms with van der Waals surface area (Å²) in [6.07, 6.45) is 0. The lowest BCUT2D eigenvalue weighted by molar-refractivity contribution is -0.118. The van der Waals surface area contributed by atoms with Crippen molar-refractivity contribution in [1.29, 1.82) is 5.26 Å². The highest BCUT2D eigenvalue weighted by Gasteiger charge is 2.25. The number of nitrogens with one attached hydrogen (secondary N) is 1. The van der Waals surface area contributed by atoms with Crippen molar-refractivity contribution in [1.82, 2.24) is 9.97 Å². The Bertz CT molecular complexity index is 1060. The molecule has 2 atom stereocenters. The molecule has 9 heteroatoms. The number of nitrogens with two attached hydrogens (primary N) is 1. The van der Waals surface area contributed by atoms with Gasteiger partial charge >= 0.3 is 0 Å². The van der Waals surface area contributed by atoms with Gasteiger partial charge in [0.25, 0.3) is 0 Å². The standard InChI is InChI=1S/C16H11ClN4O3S/c17-10-4-2-1-3-9(10)14(16(19)22)8-5-11-15(12(6-8)25(23)24)21-13(7-18)20-11/h1-6,14H,(H2,19,22)(H,20,21)(H,23,24). The number of halogens is 1. The third kappa shape index (κ3) is 3.13. The largest absolute Gasteiger partial charge is 0.369 e. The van der Waals surface area contributed by atoms with E-state index in [1.54, 1.807) is 30.3 Å². The van der Waals surface area contributed by atoms with Crippen LogP contribution in [0.3, 0.4) is 0 Å². The first kappa shape index (κ1) is 17.1. The minimum atomic E-state index is -2.37. The number of primary amides is 1. The number of fused-ring (bicyclic) bond motifs is 1. The Balaban J connectivity index is 2.29. The number of carbonyl (C=O) groups excluding carboxylic acids is 1. The maximum atomic E-state index is 12.1. The molecule has 4 N–H and O–H groups in total. The lowest BCUT2D eigenvalue weighted by Gasteiger charge is -2.16. The van der Waals surface area contributed by atoms with Crippen molar-refractivity contribution in [3.8, 4) is 6.07 Å². The summed E-state index contributed by atoms with van der Waals surface area (Å²) < 4.78 is 21.3. The molecule has 3 rings (SSSR count). The average Bonchev–Trinajstić information content (AvgIpc) is 2.98. The SMILES string of the molecule is N#Cc1nc2c(S(=O)O)cc(C(C(N)=O)c3ccccc3Cl)cc2[nH]1. The van der Waals surface area contributed by atoms with E-state index in [-0.39, 0.29) is 16.2 Å². The van der Waals surface area contributed by atoms with Crippen LogP contribution in [0.1, 0.15) is 22.9 Å². The normalized spacial score (nSPS) is 13.3. The van der Waals surface area contributed by atoms with Crippen molar-refractivity contribution in [3.63, 3.8) is 0 Å². The third-order valence-electron chi connectivity index (χ3n) is 3.70. The van der Waals surface area contributed by atoms with Crippen LogP contribution in [0.15, 0.2) is 41.3 Å². The van der Waals surface area contributed by atoms with Gasteiger partial charge in [0.2, 0.25) is 11.7 Å². The molecule has 7 nitrogen and oxygen atoms in total. The molecular formula is C16H11ClN4O3S. The molecule has 0 fully saturated rings. The van der Waals surface area contributed by atoms with Gasteiger partial charge in [0, 0.05) is 5.02 Å². The summed E-state index contributed by atoms with van der Waals surface area (Å²) >= 11 is 3.81. The molecule has 1 heterocycles. The van der Waals surface area contributed by atoms with E-state index in [0.717, 1.165) is 0 Å². The second-order valence-corrected chi connectivity index (χ2v) is 6.56. The highest BCUT2D eigenvalue weighted by atomic mass is 35.5. The quantitative estimate of drug-likeness (QED) is 0.602. The van der Waals surface area contributed by atoms with E-state index in [1.165, 1.54) is 6.07 Å². The van der Waals surface area contributed by atoms with Crippen molar-refractivity contribution in [2.75, 3.05) is 0 Å². The van der Waals surface area contributed by atoms with Crippen LogP contribution in [0.4, 0.5) is 0 Å². The van der Waals surface area contributed by atoms with Gasteiger partial charge in [-0.05, 0) is 29.3 Å². The first-order valence-electron chi connectivity index (χ1n) is 7.00. The van der Waals surface area contributed by atoms with Crippen LogP contribution < -0.4 is 5.73 Å². The van der Waals surface area contributed by atoms with Gasteiger partial charge < -0.3 is 15.3 Å². The van der Waals surface area contributed by atoms with Gasteiger partial charge in [-0.3, -0.25) is 4.79 Å². The van der Waals surface area contributed by atoms with Crippen molar-refractivity contribution in [2.45, 2.75) is 10.8 Å². The Morgan fingerprint density at radius 2 is 2.12 bits per heavy atom. The number of nitrogens with zero attached hydrogens (tertiary/aromatic N) is 2. The Morgan fingerprint density at radius 1 is 1.40 bits per heavy atom. The maximum Gasteiger partial charge on any atom is 0.229 e. The second kappa shape index (κ2) is 6.64. The van der Waals surface area contributed by atoms with E-state index in [9.17, 15) is 13.6 Å². The summed E-state index contributed by atoms with van der Waals surface area (Å²) in [6, 6.07) is 11.5. The summed E-state index contributed by atoms with van der Waals surface area (Å²) in [5, 5.41) is 9.32. The van der Waals surface area contributed by atoms with Gasteiger partial charge in [-0.15, -0.1) is 0 Å². The molecule has 0 bridgehead atoms. The number of rotatable bonds is 4. The van der Waals surface area contributed by atoms with E-state index in [0.29, 0.717) is 21.7 Å². The predicted octanol–water partition coefficient (Wildman–Crippen LogP) is 2.29. The molecule has 126 valence electrons. The van der Waals surface area contributed by atoms with Gasteiger partial charge in [0.15, 0.2) is 11.1 Å².